The largest absolute Gasteiger partial charge is 0.465 e. The Kier molecular flexibility index (Phi) is 6.39. The quantitative estimate of drug-likeness (QED) is 0.569. The standard InChI is InChI=1S/C19H17FO5/c1-24-19(23)15-4-2-3-13(11-15)12-25-18(22)10-9-17(21)14-5-7-16(20)8-6-14/h2-8,11H,9-10,12H2,1H3. The smallest absolute Gasteiger partial charge is 0.337 e. The lowest BCUT2D eigenvalue weighted by Gasteiger charge is -2.06. The maximum atomic E-state index is 12.8. The second-order valence-electron chi connectivity index (χ2n) is 5.28. The van der Waals surface area contributed by atoms with Crippen LogP contribution in [0.3, 0.4) is 0 Å². The summed E-state index contributed by atoms with van der Waals surface area (Å²) in [6, 6.07) is 11.7. The van der Waals surface area contributed by atoms with Gasteiger partial charge >= 0.3 is 11.9 Å². The fourth-order valence-electron chi connectivity index (χ4n) is 2.14. The van der Waals surface area contributed by atoms with E-state index in [4.69, 9.17) is 4.74 Å². The zero-order chi connectivity index (χ0) is 18.2. The first-order valence-electron chi connectivity index (χ1n) is 7.61. The Morgan fingerprint density at radius 3 is 2.36 bits per heavy atom. The second-order valence-corrected chi connectivity index (χ2v) is 5.28. The van der Waals surface area contributed by atoms with Crippen LogP contribution >= 0.6 is 0 Å². The van der Waals surface area contributed by atoms with Crippen molar-refractivity contribution in [1.29, 1.82) is 0 Å². The Morgan fingerprint density at radius 1 is 0.960 bits per heavy atom. The number of carbonyl (C=O) groups excluding carboxylic acids is 3. The van der Waals surface area contributed by atoms with Crippen LogP contribution in [0.25, 0.3) is 0 Å². The van der Waals surface area contributed by atoms with E-state index >= 15 is 0 Å². The first-order chi connectivity index (χ1) is 12.0. The molecule has 0 unspecified atom stereocenters. The number of carbonyl (C=O) groups is 3. The van der Waals surface area contributed by atoms with Gasteiger partial charge in [-0.25, -0.2) is 9.18 Å². The minimum absolute atomic E-state index is 0.00555. The molecule has 25 heavy (non-hydrogen) atoms. The number of ether oxygens (including phenoxy) is 2. The average Bonchev–Trinajstić information content (AvgIpc) is 2.64. The molecule has 0 amide bonds. The first-order valence-corrected chi connectivity index (χ1v) is 7.61. The van der Waals surface area contributed by atoms with Crippen molar-refractivity contribution in [3.63, 3.8) is 0 Å². The van der Waals surface area contributed by atoms with Gasteiger partial charge in [-0.05, 0) is 42.0 Å². The molecule has 0 aliphatic heterocycles. The van der Waals surface area contributed by atoms with Crippen molar-refractivity contribution < 1.29 is 28.2 Å². The number of benzene rings is 2. The average molecular weight is 344 g/mol. The lowest BCUT2D eigenvalue weighted by molar-refractivity contribution is -0.144. The maximum Gasteiger partial charge on any atom is 0.337 e. The zero-order valence-corrected chi connectivity index (χ0v) is 13.7. The molecular weight excluding hydrogens is 327 g/mol. The van der Waals surface area contributed by atoms with Crippen LogP contribution in [0.4, 0.5) is 4.39 Å². The summed E-state index contributed by atoms with van der Waals surface area (Å²) in [4.78, 5) is 35.1. The van der Waals surface area contributed by atoms with Gasteiger partial charge in [0.25, 0.3) is 0 Å². The van der Waals surface area contributed by atoms with Gasteiger partial charge in [0.05, 0.1) is 19.1 Å². The van der Waals surface area contributed by atoms with Gasteiger partial charge in [-0.3, -0.25) is 9.59 Å². The van der Waals surface area contributed by atoms with Crippen LogP contribution in [-0.2, 0) is 20.9 Å². The van der Waals surface area contributed by atoms with Crippen molar-refractivity contribution in [2.24, 2.45) is 0 Å². The molecule has 0 saturated carbocycles. The van der Waals surface area contributed by atoms with Crippen molar-refractivity contribution in [3.8, 4) is 0 Å². The predicted octanol–water partition coefficient (Wildman–Crippen LogP) is 3.32. The van der Waals surface area contributed by atoms with E-state index in [1.165, 1.54) is 31.4 Å². The molecule has 6 heteroatoms. The van der Waals surface area contributed by atoms with E-state index in [1.54, 1.807) is 24.3 Å². The number of ketones is 1. The highest BCUT2D eigenvalue weighted by molar-refractivity contribution is 5.97. The summed E-state index contributed by atoms with van der Waals surface area (Å²) in [6.07, 6.45) is -0.0977. The molecule has 0 radical (unpaired) electrons. The second kappa shape index (κ2) is 8.73. The summed E-state index contributed by atoms with van der Waals surface area (Å²) >= 11 is 0. The Hall–Kier alpha value is -3.02. The van der Waals surface area contributed by atoms with Gasteiger partial charge in [0.15, 0.2) is 5.78 Å². The van der Waals surface area contributed by atoms with Crippen LogP contribution in [0.5, 0.6) is 0 Å². The molecule has 5 nitrogen and oxygen atoms in total. The Balaban J connectivity index is 1.82. The number of rotatable bonds is 7. The highest BCUT2D eigenvalue weighted by Gasteiger charge is 2.11. The lowest BCUT2D eigenvalue weighted by atomic mass is 10.1. The Labute approximate surface area is 144 Å². The highest BCUT2D eigenvalue weighted by Crippen LogP contribution is 2.10. The molecule has 0 aromatic heterocycles. The van der Waals surface area contributed by atoms with Gasteiger partial charge in [0.2, 0.25) is 0 Å². The van der Waals surface area contributed by atoms with Gasteiger partial charge in [-0.1, -0.05) is 12.1 Å². The van der Waals surface area contributed by atoms with Gasteiger partial charge in [-0.2, -0.15) is 0 Å². The Bertz CT molecular complexity index is 768. The van der Waals surface area contributed by atoms with Gasteiger partial charge in [0.1, 0.15) is 12.4 Å². The van der Waals surface area contributed by atoms with E-state index in [0.29, 0.717) is 16.7 Å². The van der Waals surface area contributed by atoms with E-state index < -0.39 is 17.8 Å². The molecule has 2 aromatic carbocycles. The molecule has 0 N–H and O–H groups in total. The van der Waals surface area contributed by atoms with E-state index in [9.17, 15) is 18.8 Å². The molecule has 2 rings (SSSR count). The predicted molar refractivity (Wildman–Crippen MR) is 87.5 cm³/mol. The number of halogens is 1. The summed E-state index contributed by atoms with van der Waals surface area (Å²) < 4.78 is 22.5. The summed E-state index contributed by atoms with van der Waals surface area (Å²) in [7, 11) is 1.28. The molecule has 0 fully saturated rings. The molecule has 0 bridgehead atoms. The van der Waals surface area contributed by atoms with Gasteiger partial charge in [-0.15, -0.1) is 0 Å². The SMILES string of the molecule is COC(=O)c1cccc(COC(=O)CCC(=O)c2ccc(F)cc2)c1. The third-order valence-electron chi connectivity index (χ3n) is 3.47. The van der Waals surface area contributed by atoms with Gasteiger partial charge < -0.3 is 9.47 Å². The monoisotopic (exact) mass is 344 g/mol. The molecule has 2 aromatic rings. The van der Waals surface area contributed by atoms with Crippen LogP contribution in [0.15, 0.2) is 48.5 Å². The van der Waals surface area contributed by atoms with Crippen LogP contribution < -0.4 is 0 Å². The fraction of sp³-hybridized carbons (Fsp3) is 0.211. The van der Waals surface area contributed by atoms with E-state index in [-0.39, 0.29) is 25.2 Å². The number of hydrogen-bond acceptors (Lipinski definition) is 5. The highest BCUT2D eigenvalue weighted by atomic mass is 19.1. The van der Waals surface area contributed by atoms with Crippen molar-refractivity contribution in [2.75, 3.05) is 7.11 Å². The van der Waals surface area contributed by atoms with Crippen LogP contribution in [0.1, 0.15) is 39.1 Å². The summed E-state index contributed by atoms with van der Waals surface area (Å²) in [5.41, 5.74) is 1.35. The summed E-state index contributed by atoms with van der Waals surface area (Å²) in [5, 5.41) is 0. The Morgan fingerprint density at radius 2 is 1.68 bits per heavy atom. The number of esters is 2. The number of Topliss-reactive ketones (excluding diaryl/α,β-unsaturated/α-hetero) is 1. The van der Waals surface area contributed by atoms with Crippen molar-refractivity contribution in [1.82, 2.24) is 0 Å². The van der Waals surface area contributed by atoms with Crippen LogP contribution in [-0.4, -0.2) is 24.8 Å². The molecular formula is C19H17FO5. The molecule has 0 saturated heterocycles. The molecule has 0 atom stereocenters. The molecule has 0 aliphatic rings. The van der Waals surface area contributed by atoms with Crippen LogP contribution in [0, 0.1) is 5.82 Å². The summed E-state index contributed by atoms with van der Waals surface area (Å²) in [5.74, 6) is -1.69. The zero-order valence-electron chi connectivity index (χ0n) is 13.7. The molecule has 130 valence electrons. The number of methoxy groups -OCH3 is 1. The van der Waals surface area contributed by atoms with Gasteiger partial charge in [0, 0.05) is 12.0 Å². The first kappa shape index (κ1) is 18.3. The van der Waals surface area contributed by atoms with Crippen molar-refractivity contribution in [2.45, 2.75) is 19.4 Å². The topological polar surface area (TPSA) is 69.7 Å². The molecule has 0 aliphatic carbocycles. The third kappa shape index (κ3) is 5.53. The van der Waals surface area contributed by atoms with E-state index in [0.717, 1.165) is 0 Å². The van der Waals surface area contributed by atoms with Crippen molar-refractivity contribution in [3.05, 3.63) is 71.0 Å². The van der Waals surface area contributed by atoms with E-state index in [2.05, 4.69) is 4.74 Å². The fourth-order valence-corrected chi connectivity index (χ4v) is 2.14. The minimum Gasteiger partial charge on any atom is -0.465 e. The third-order valence-corrected chi connectivity index (χ3v) is 3.47. The molecule has 0 spiro atoms. The van der Waals surface area contributed by atoms with E-state index in [1.807, 2.05) is 0 Å². The minimum atomic E-state index is -0.529. The number of hydrogen-bond donors (Lipinski definition) is 0. The lowest BCUT2D eigenvalue weighted by Crippen LogP contribution is -2.09. The normalized spacial score (nSPS) is 10.2. The summed E-state index contributed by atoms with van der Waals surface area (Å²) in [6.45, 7) is -0.00555. The van der Waals surface area contributed by atoms with Crippen LogP contribution in [0.2, 0.25) is 0 Å². The van der Waals surface area contributed by atoms with Crippen molar-refractivity contribution >= 4 is 17.7 Å². The maximum absolute atomic E-state index is 12.8. The molecule has 0 heterocycles.